The first-order valence-electron chi connectivity index (χ1n) is 4.64. The molecule has 4 nitrogen and oxygen atoms in total. The third-order valence-corrected chi connectivity index (χ3v) is 2.14. The summed E-state index contributed by atoms with van der Waals surface area (Å²) in [6.45, 7) is 0. The Hall–Kier alpha value is -2.05. The van der Waals surface area contributed by atoms with Crippen LogP contribution in [0.2, 0.25) is 0 Å². The van der Waals surface area contributed by atoms with Gasteiger partial charge in [0.05, 0.1) is 25.1 Å². The van der Waals surface area contributed by atoms with Gasteiger partial charge in [-0.25, -0.2) is 0 Å². The van der Waals surface area contributed by atoms with Gasteiger partial charge in [0, 0.05) is 0 Å². The van der Waals surface area contributed by atoms with Crippen LogP contribution in [0.25, 0.3) is 5.69 Å². The van der Waals surface area contributed by atoms with Gasteiger partial charge in [0.2, 0.25) is 0 Å². The molecule has 0 amide bonds. The molecule has 0 saturated heterocycles. The molecule has 17 heavy (non-hydrogen) atoms. The van der Waals surface area contributed by atoms with Crippen LogP contribution in [0.15, 0.2) is 30.6 Å². The minimum Gasteiger partial charge on any atom is -0.494 e. The summed E-state index contributed by atoms with van der Waals surface area (Å²) in [7, 11) is 1.29. The van der Waals surface area contributed by atoms with Crippen LogP contribution in [-0.4, -0.2) is 22.1 Å². The summed E-state index contributed by atoms with van der Waals surface area (Å²) in [6.07, 6.45) is -1.54. The van der Waals surface area contributed by atoms with Crippen LogP contribution >= 0.6 is 0 Å². The summed E-state index contributed by atoms with van der Waals surface area (Å²) >= 11 is 0. The maximum Gasteiger partial charge on any atom is 0.416 e. The maximum atomic E-state index is 12.5. The van der Waals surface area contributed by atoms with Gasteiger partial charge in [-0.15, -0.1) is 4.80 Å². The number of alkyl halides is 3. The summed E-state index contributed by atoms with van der Waals surface area (Å²) in [5.41, 5.74) is -0.421. The molecule has 0 N–H and O–H groups in total. The lowest BCUT2D eigenvalue weighted by atomic mass is 10.2. The second kappa shape index (κ2) is 4.08. The summed E-state index contributed by atoms with van der Waals surface area (Å²) in [5, 5.41) is 7.66. The Kier molecular flexibility index (Phi) is 2.74. The van der Waals surface area contributed by atoms with E-state index in [2.05, 4.69) is 10.2 Å². The third-order valence-electron chi connectivity index (χ3n) is 2.14. The fourth-order valence-electron chi connectivity index (χ4n) is 1.36. The summed E-state index contributed by atoms with van der Waals surface area (Å²) in [6, 6.07) is 3.14. The largest absolute Gasteiger partial charge is 0.494 e. The molecule has 0 aliphatic carbocycles. The molecule has 0 spiro atoms. The first-order chi connectivity index (χ1) is 8.02. The minimum atomic E-state index is -4.40. The molecule has 2 rings (SSSR count). The van der Waals surface area contributed by atoms with Crippen LogP contribution < -0.4 is 4.74 Å². The van der Waals surface area contributed by atoms with Gasteiger partial charge in [0.15, 0.2) is 0 Å². The van der Waals surface area contributed by atoms with E-state index < -0.39 is 11.7 Å². The van der Waals surface area contributed by atoms with Crippen molar-refractivity contribution in [1.29, 1.82) is 0 Å². The molecule has 0 unspecified atom stereocenters. The predicted molar refractivity (Wildman–Crippen MR) is 52.9 cm³/mol. The minimum absolute atomic E-state index is 0.0658. The number of halogens is 3. The fourth-order valence-corrected chi connectivity index (χ4v) is 1.36. The van der Waals surface area contributed by atoms with Gasteiger partial charge in [-0.2, -0.15) is 23.4 Å². The highest BCUT2D eigenvalue weighted by atomic mass is 19.4. The number of aromatic nitrogens is 3. The molecule has 0 aliphatic heterocycles. The van der Waals surface area contributed by atoms with E-state index in [4.69, 9.17) is 4.74 Å². The number of rotatable bonds is 2. The molecule has 0 bridgehead atoms. The van der Waals surface area contributed by atoms with E-state index >= 15 is 0 Å². The number of methoxy groups -OCH3 is 1. The lowest BCUT2D eigenvalue weighted by Gasteiger charge is -2.11. The lowest BCUT2D eigenvalue weighted by Crippen LogP contribution is -2.07. The molecule has 0 radical (unpaired) electrons. The Labute approximate surface area is 94.6 Å². The van der Waals surface area contributed by atoms with Gasteiger partial charge in [0.1, 0.15) is 11.4 Å². The highest BCUT2D eigenvalue weighted by Crippen LogP contribution is 2.33. The van der Waals surface area contributed by atoms with Crippen LogP contribution in [-0.2, 0) is 6.18 Å². The Balaban J connectivity index is 2.50. The number of hydrogen-bond acceptors (Lipinski definition) is 3. The van der Waals surface area contributed by atoms with Crippen LogP contribution in [0.4, 0.5) is 13.2 Å². The normalized spacial score (nSPS) is 11.5. The van der Waals surface area contributed by atoms with Crippen LogP contribution in [0.5, 0.6) is 5.75 Å². The van der Waals surface area contributed by atoms with Crippen molar-refractivity contribution in [2.24, 2.45) is 0 Å². The van der Waals surface area contributed by atoms with E-state index in [0.29, 0.717) is 5.69 Å². The van der Waals surface area contributed by atoms with Gasteiger partial charge >= 0.3 is 6.18 Å². The van der Waals surface area contributed by atoms with Crippen molar-refractivity contribution in [2.75, 3.05) is 7.11 Å². The van der Waals surface area contributed by atoms with Crippen molar-refractivity contribution in [3.05, 3.63) is 36.2 Å². The highest BCUT2D eigenvalue weighted by Gasteiger charge is 2.31. The monoisotopic (exact) mass is 243 g/mol. The van der Waals surface area contributed by atoms with Crippen molar-refractivity contribution >= 4 is 0 Å². The Morgan fingerprint density at radius 1 is 1.18 bits per heavy atom. The third kappa shape index (κ3) is 2.22. The lowest BCUT2D eigenvalue weighted by molar-refractivity contribution is -0.137. The Bertz CT molecular complexity index is 508. The molecule has 2 aromatic rings. The SMILES string of the molecule is COc1cc(C(F)(F)F)ccc1-n1nccn1. The van der Waals surface area contributed by atoms with Crippen molar-refractivity contribution in [3.8, 4) is 11.4 Å². The first kappa shape index (κ1) is 11.4. The van der Waals surface area contributed by atoms with Gasteiger partial charge in [-0.1, -0.05) is 0 Å². The molecule has 0 aliphatic rings. The van der Waals surface area contributed by atoms with Crippen molar-refractivity contribution in [2.45, 2.75) is 6.18 Å². The average Bonchev–Trinajstić information content (AvgIpc) is 2.80. The molecule has 1 aromatic carbocycles. The molecule has 1 heterocycles. The van der Waals surface area contributed by atoms with E-state index in [1.165, 1.54) is 30.4 Å². The zero-order valence-electron chi connectivity index (χ0n) is 8.77. The zero-order chi connectivity index (χ0) is 12.5. The number of ether oxygens (including phenoxy) is 1. The van der Waals surface area contributed by atoms with Crippen LogP contribution in [0.1, 0.15) is 5.56 Å². The van der Waals surface area contributed by atoms with Crippen LogP contribution in [0, 0.1) is 0 Å². The van der Waals surface area contributed by atoms with Gasteiger partial charge < -0.3 is 4.74 Å². The molecule has 0 saturated carbocycles. The highest BCUT2D eigenvalue weighted by molar-refractivity contribution is 5.48. The first-order valence-corrected chi connectivity index (χ1v) is 4.64. The van der Waals surface area contributed by atoms with E-state index in [-0.39, 0.29) is 5.75 Å². The second-order valence-electron chi connectivity index (χ2n) is 3.20. The Morgan fingerprint density at radius 2 is 1.82 bits per heavy atom. The quantitative estimate of drug-likeness (QED) is 0.812. The van der Waals surface area contributed by atoms with Gasteiger partial charge in [-0.3, -0.25) is 0 Å². The Morgan fingerprint density at radius 3 is 2.35 bits per heavy atom. The molecule has 1 aromatic heterocycles. The second-order valence-corrected chi connectivity index (χ2v) is 3.20. The topological polar surface area (TPSA) is 39.9 Å². The summed E-state index contributed by atoms with van der Waals surface area (Å²) in [5.74, 6) is 0.0658. The predicted octanol–water partition coefficient (Wildman–Crippen LogP) is 2.29. The van der Waals surface area contributed by atoms with E-state index in [9.17, 15) is 13.2 Å². The van der Waals surface area contributed by atoms with Gasteiger partial charge in [-0.05, 0) is 18.2 Å². The average molecular weight is 243 g/mol. The van der Waals surface area contributed by atoms with Crippen molar-refractivity contribution in [3.63, 3.8) is 0 Å². The molecular formula is C10H8F3N3O. The summed E-state index contributed by atoms with van der Waals surface area (Å²) < 4.78 is 42.4. The number of nitrogens with zero attached hydrogens (tertiary/aromatic N) is 3. The maximum absolute atomic E-state index is 12.5. The zero-order valence-corrected chi connectivity index (χ0v) is 8.77. The number of benzene rings is 1. The van der Waals surface area contributed by atoms with Crippen molar-refractivity contribution in [1.82, 2.24) is 15.0 Å². The van der Waals surface area contributed by atoms with Crippen LogP contribution in [0.3, 0.4) is 0 Å². The molecule has 90 valence electrons. The number of hydrogen-bond donors (Lipinski definition) is 0. The summed E-state index contributed by atoms with van der Waals surface area (Å²) in [4.78, 5) is 1.19. The molecule has 7 heteroatoms. The smallest absolute Gasteiger partial charge is 0.416 e. The standard InChI is InChI=1S/C10H8F3N3O/c1-17-9-6-7(10(11,12)13)2-3-8(9)16-14-4-5-15-16/h2-6H,1H3. The van der Waals surface area contributed by atoms with Crippen molar-refractivity contribution < 1.29 is 17.9 Å². The van der Waals surface area contributed by atoms with E-state index in [1.54, 1.807) is 0 Å². The van der Waals surface area contributed by atoms with E-state index in [1.807, 2.05) is 0 Å². The molecule has 0 fully saturated rings. The van der Waals surface area contributed by atoms with E-state index in [0.717, 1.165) is 12.1 Å². The fraction of sp³-hybridized carbons (Fsp3) is 0.200. The molecule has 0 atom stereocenters. The molecular weight excluding hydrogens is 235 g/mol. The van der Waals surface area contributed by atoms with Gasteiger partial charge in [0.25, 0.3) is 0 Å².